The highest BCUT2D eigenvalue weighted by Crippen LogP contribution is 2.18. The predicted molar refractivity (Wildman–Crippen MR) is 211 cm³/mol. The molecule has 0 aliphatic carbocycles. The monoisotopic (exact) mass is 707 g/mol. The number of rotatable bonds is 39. The Labute approximate surface area is 309 Å². The van der Waals surface area contributed by atoms with Crippen LogP contribution in [-0.4, -0.2) is 41.6 Å². The van der Waals surface area contributed by atoms with E-state index in [1.807, 2.05) is 0 Å². The van der Waals surface area contributed by atoms with E-state index < -0.39 is 12.0 Å². The van der Waals surface area contributed by atoms with E-state index in [4.69, 9.17) is 10.5 Å². The van der Waals surface area contributed by atoms with E-state index in [0.717, 1.165) is 57.8 Å². The van der Waals surface area contributed by atoms with Crippen LogP contribution in [0.1, 0.15) is 226 Å². The van der Waals surface area contributed by atoms with Crippen molar-refractivity contribution in [2.24, 2.45) is 5.73 Å². The molecule has 0 bridgehead atoms. The molecule has 0 fully saturated rings. The summed E-state index contributed by atoms with van der Waals surface area (Å²) in [6, 6.07) is -0.860. The number of carboxylic acid groups (broad SMARTS) is 1. The average molecular weight is 707 g/mol. The fourth-order valence-electron chi connectivity index (χ4n) is 6.56. The SMILES string of the molecule is CCCCCCCCCC/C=C\CCCCCCCCCCCC(=O)OC(CCCCCC)CCCCCCC(=O)NC(CCCN)C(=O)O. The van der Waals surface area contributed by atoms with Gasteiger partial charge in [-0.25, -0.2) is 4.79 Å². The molecule has 0 aliphatic heterocycles. The van der Waals surface area contributed by atoms with Gasteiger partial charge in [-0.15, -0.1) is 0 Å². The second-order valence-electron chi connectivity index (χ2n) is 14.8. The highest BCUT2D eigenvalue weighted by atomic mass is 16.5. The molecule has 50 heavy (non-hydrogen) atoms. The van der Waals surface area contributed by atoms with Gasteiger partial charge in [0, 0.05) is 12.8 Å². The number of unbranched alkanes of at least 4 members (excludes halogenated alkanes) is 23. The van der Waals surface area contributed by atoms with Crippen LogP contribution in [0.25, 0.3) is 0 Å². The van der Waals surface area contributed by atoms with Gasteiger partial charge in [-0.05, 0) is 83.6 Å². The number of hydrogen-bond donors (Lipinski definition) is 3. The molecule has 0 aromatic carbocycles. The van der Waals surface area contributed by atoms with Crippen molar-refractivity contribution in [2.45, 2.75) is 238 Å². The molecule has 294 valence electrons. The van der Waals surface area contributed by atoms with Crippen molar-refractivity contribution in [1.29, 1.82) is 0 Å². The summed E-state index contributed by atoms with van der Waals surface area (Å²) in [5, 5.41) is 11.9. The Hall–Kier alpha value is -1.89. The molecule has 0 saturated heterocycles. The number of nitrogens with one attached hydrogen (secondary N) is 1. The van der Waals surface area contributed by atoms with Gasteiger partial charge in [-0.1, -0.05) is 148 Å². The van der Waals surface area contributed by atoms with Crippen molar-refractivity contribution < 1.29 is 24.2 Å². The lowest BCUT2D eigenvalue weighted by Gasteiger charge is -2.18. The van der Waals surface area contributed by atoms with Gasteiger partial charge in [0.25, 0.3) is 0 Å². The summed E-state index contributed by atoms with van der Waals surface area (Å²) in [5.41, 5.74) is 5.47. The summed E-state index contributed by atoms with van der Waals surface area (Å²) >= 11 is 0. The second-order valence-corrected chi connectivity index (χ2v) is 14.8. The zero-order valence-corrected chi connectivity index (χ0v) is 33.0. The summed E-state index contributed by atoms with van der Waals surface area (Å²) in [7, 11) is 0. The molecule has 7 nitrogen and oxygen atoms in total. The van der Waals surface area contributed by atoms with E-state index in [-0.39, 0.29) is 18.0 Å². The first-order valence-electron chi connectivity index (χ1n) is 21.5. The largest absolute Gasteiger partial charge is 0.480 e. The molecule has 0 heterocycles. The molecule has 0 aliphatic rings. The van der Waals surface area contributed by atoms with Crippen molar-refractivity contribution in [2.75, 3.05) is 6.54 Å². The maximum Gasteiger partial charge on any atom is 0.326 e. The summed E-state index contributed by atoms with van der Waals surface area (Å²) in [6.45, 7) is 4.90. The number of nitrogens with two attached hydrogens (primary N) is 1. The zero-order chi connectivity index (χ0) is 36.8. The minimum Gasteiger partial charge on any atom is -0.480 e. The van der Waals surface area contributed by atoms with Gasteiger partial charge in [-0.2, -0.15) is 0 Å². The molecule has 0 aromatic heterocycles. The van der Waals surface area contributed by atoms with Crippen LogP contribution in [0.2, 0.25) is 0 Å². The van der Waals surface area contributed by atoms with Gasteiger partial charge in [-0.3, -0.25) is 9.59 Å². The lowest BCUT2D eigenvalue weighted by Crippen LogP contribution is -2.40. The first-order chi connectivity index (χ1) is 24.4. The Kier molecular flexibility index (Phi) is 36.9. The topological polar surface area (TPSA) is 119 Å². The smallest absolute Gasteiger partial charge is 0.326 e. The second kappa shape index (κ2) is 38.3. The molecule has 4 N–H and O–H groups in total. The summed E-state index contributed by atoms with van der Waals surface area (Å²) in [4.78, 5) is 36.1. The molecule has 0 rings (SSSR count). The minimum atomic E-state index is -1.01. The van der Waals surface area contributed by atoms with Crippen LogP contribution in [0.4, 0.5) is 0 Å². The number of amides is 1. The number of carboxylic acids is 1. The lowest BCUT2D eigenvalue weighted by molar-refractivity contribution is -0.150. The van der Waals surface area contributed by atoms with Gasteiger partial charge in [0.15, 0.2) is 0 Å². The van der Waals surface area contributed by atoms with Gasteiger partial charge in [0.1, 0.15) is 12.1 Å². The first-order valence-corrected chi connectivity index (χ1v) is 21.5. The van der Waals surface area contributed by atoms with Crippen LogP contribution >= 0.6 is 0 Å². The van der Waals surface area contributed by atoms with Crippen molar-refractivity contribution in [3.63, 3.8) is 0 Å². The van der Waals surface area contributed by atoms with Gasteiger partial charge < -0.3 is 20.9 Å². The maximum absolute atomic E-state index is 12.6. The van der Waals surface area contributed by atoms with Crippen molar-refractivity contribution in [1.82, 2.24) is 5.32 Å². The number of allylic oxidation sites excluding steroid dienone is 2. The van der Waals surface area contributed by atoms with Crippen LogP contribution in [-0.2, 0) is 19.1 Å². The maximum atomic E-state index is 12.6. The third kappa shape index (κ3) is 34.6. The fourth-order valence-corrected chi connectivity index (χ4v) is 6.56. The van der Waals surface area contributed by atoms with Crippen molar-refractivity contribution >= 4 is 17.8 Å². The Morgan fingerprint density at radius 2 is 0.980 bits per heavy atom. The van der Waals surface area contributed by atoms with Crippen LogP contribution < -0.4 is 11.1 Å². The normalized spacial score (nSPS) is 12.7. The summed E-state index contributed by atoms with van der Waals surface area (Å²) < 4.78 is 5.95. The Bertz CT molecular complexity index is 802. The molecular formula is C43H82N2O5. The molecular weight excluding hydrogens is 624 g/mol. The molecule has 7 heteroatoms. The molecule has 0 aromatic rings. The third-order valence-corrected chi connectivity index (χ3v) is 9.83. The third-order valence-electron chi connectivity index (χ3n) is 9.83. The summed E-state index contributed by atoms with van der Waals surface area (Å²) in [5.74, 6) is -1.27. The van der Waals surface area contributed by atoms with E-state index in [2.05, 4.69) is 31.3 Å². The van der Waals surface area contributed by atoms with E-state index in [0.29, 0.717) is 32.2 Å². The minimum absolute atomic E-state index is 0.00748. The van der Waals surface area contributed by atoms with Crippen LogP contribution in [0.5, 0.6) is 0 Å². The van der Waals surface area contributed by atoms with Gasteiger partial charge in [0.2, 0.25) is 5.91 Å². The van der Waals surface area contributed by atoms with Crippen molar-refractivity contribution in [3.05, 3.63) is 12.2 Å². The van der Waals surface area contributed by atoms with Gasteiger partial charge >= 0.3 is 11.9 Å². The number of carbonyl (C=O) groups is 3. The van der Waals surface area contributed by atoms with Crippen LogP contribution in [0.15, 0.2) is 12.2 Å². The molecule has 1 amide bonds. The van der Waals surface area contributed by atoms with E-state index in [1.165, 1.54) is 128 Å². The Morgan fingerprint density at radius 3 is 1.46 bits per heavy atom. The molecule has 0 spiro atoms. The number of ether oxygens (including phenoxy) is 1. The number of aliphatic carboxylic acids is 1. The zero-order valence-electron chi connectivity index (χ0n) is 33.0. The van der Waals surface area contributed by atoms with Crippen LogP contribution in [0.3, 0.4) is 0 Å². The number of hydrogen-bond acceptors (Lipinski definition) is 5. The Morgan fingerprint density at radius 1 is 0.560 bits per heavy atom. The van der Waals surface area contributed by atoms with Gasteiger partial charge in [0.05, 0.1) is 0 Å². The highest BCUT2D eigenvalue weighted by molar-refractivity contribution is 5.83. The number of carbonyl (C=O) groups excluding carboxylic acids is 2. The molecule has 2 atom stereocenters. The predicted octanol–water partition coefficient (Wildman–Crippen LogP) is 11.9. The summed E-state index contributed by atoms with van der Waals surface area (Å²) in [6.07, 6.45) is 41.5. The van der Waals surface area contributed by atoms with E-state index in [1.54, 1.807) is 0 Å². The average Bonchev–Trinajstić information content (AvgIpc) is 3.10. The van der Waals surface area contributed by atoms with E-state index >= 15 is 0 Å². The molecule has 0 saturated carbocycles. The fraction of sp³-hybridized carbons (Fsp3) is 0.884. The lowest BCUT2D eigenvalue weighted by atomic mass is 10.0. The first kappa shape index (κ1) is 48.1. The van der Waals surface area contributed by atoms with Crippen LogP contribution in [0, 0.1) is 0 Å². The molecule has 2 unspecified atom stereocenters. The Balaban J connectivity index is 3.89. The van der Waals surface area contributed by atoms with E-state index in [9.17, 15) is 19.5 Å². The van der Waals surface area contributed by atoms with Crippen molar-refractivity contribution in [3.8, 4) is 0 Å². The molecule has 0 radical (unpaired) electrons. The quantitative estimate of drug-likeness (QED) is 0.0332. The number of esters is 1. The standard InChI is InChI=1S/C43H82N2O5/c1-3-5-7-9-10-11-12-13-14-15-16-17-18-19-20-21-22-23-24-25-31-37-42(47)50-39(33-28-8-6-4-2)34-29-26-27-30-36-41(46)45-40(43(48)49)35-32-38-44/h15-16,39-40H,3-14,17-38,44H2,1-2H3,(H,45,46)(H,48,49)/b16-15-. The highest BCUT2D eigenvalue weighted by Gasteiger charge is 2.19.